The fourth-order valence-corrected chi connectivity index (χ4v) is 4.96. The van der Waals surface area contributed by atoms with Gasteiger partial charge in [0, 0.05) is 19.6 Å². The summed E-state index contributed by atoms with van der Waals surface area (Å²) in [7, 11) is -1.17. The Hall–Kier alpha value is -0.750. The van der Waals surface area contributed by atoms with Crippen LogP contribution in [0.25, 0.3) is 0 Å². The van der Waals surface area contributed by atoms with E-state index < -0.39 is 11.0 Å². The molecule has 1 aliphatic heterocycles. The maximum atomic E-state index is 13.2. The third-order valence-electron chi connectivity index (χ3n) is 5.25. The van der Waals surface area contributed by atoms with Crippen molar-refractivity contribution in [1.29, 1.82) is 0 Å². The number of hydrogen-bond donors (Lipinski definition) is 1. The second-order valence-electron chi connectivity index (χ2n) is 8.46. The first-order valence-electron chi connectivity index (χ1n) is 10.4. The molecule has 1 atom stereocenters. The highest BCUT2D eigenvalue weighted by Crippen LogP contribution is 2.33. The molecule has 1 aromatic carbocycles. The van der Waals surface area contributed by atoms with Crippen molar-refractivity contribution < 1.29 is 8.95 Å². The first-order valence-corrected chi connectivity index (χ1v) is 11.6. The highest BCUT2D eigenvalue weighted by molar-refractivity contribution is 7.83. The van der Waals surface area contributed by atoms with E-state index in [0.29, 0.717) is 17.8 Å². The van der Waals surface area contributed by atoms with Crippen LogP contribution in [0.4, 0.5) is 0 Å². The molecule has 27 heavy (non-hydrogen) atoms. The lowest BCUT2D eigenvalue weighted by atomic mass is 9.89. The molecule has 4 nitrogen and oxygen atoms in total. The number of benzene rings is 1. The van der Waals surface area contributed by atoms with Gasteiger partial charge in [0.05, 0.1) is 18.1 Å². The number of hydrogen-bond acceptors (Lipinski definition) is 3. The molecule has 154 valence electrons. The second kappa shape index (κ2) is 10.7. The van der Waals surface area contributed by atoms with Gasteiger partial charge in [-0.15, -0.1) is 0 Å². The van der Waals surface area contributed by atoms with Gasteiger partial charge in [0.15, 0.2) is 0 Å². The van der Waals surface area contributed by atoms with Crippen LogP contribution in [0.5, 0.6) is 0 Å². The maximum Gasteiger partial charge on any atom is 0.125 e. The lowest BCUT2D eigenvalue weighted by Gasteiger charge is -2.26. The van der Waals surface area contributed by atoms with Crippen LogP contribution in [0.15, 0.2) is 17.0 Å². The minimum Gasteiger partial charge on any atom is -0.379 e. The molecule has 0 saturated carbocycles. The van der Waals surface area contributed by atoms with Gasteiger partial charge in [0.25, 0.3) is 0 Å². The summed E-state index contributed by atoms with van der Waals surface area (Å²) in [5.41, 5.74) is 3.79. The van der Waals surface area contributed by atoms with Gasteiger partial charge < -0.3 is 4.74 Å². The van der Waals surface area contributed by atoms with E-state index in [2.05, 4.69) is 63.3 Å². The minimum atomic E-state index is -1.17. The molecule has 1 fully saturated rings. The summed E-state index contributed by atoms with van der Waals surface area (Å²) in [5.74, 6) is 1.19. The molecule has 1 unspecified atom stereocenters. The number of morpholine rings is 1. The topological polar surface area (TPSA) is 41.6 Å². The summed E-state index contributed by atoms with van der Waals surface area (Å²) in [6.45, 7) is 18.7. The van der Waals surface area contributed by atoms with Gasteiger partial charge in [-0.2, -0.15) is 0 Å². The van der Waals surface area contributed by atoms with Gasteiger partial charge in [-0.25, -0.2) is 8.93 Å². The van der Waals surface area contributed by atoms with E-state index in [4.69, 9.17) is 4.74 Å². The predicted octanol–water partition coefficient (Wildman–Crippen LogP) is 4.39. The quantitative estimate of drug-likeness (QED) is 0.632. The highest BCUT2D eigenvalue weighted by Gasteiger charge is 2.21. The lowest BCUT2D eigenvalue weighted by molar-refractivity contribution is 0.0376. The van der Waals surface area contributed by atoms with Gasteiger partial charge in [0.2, 0.25) is 0 Å². The predicted molar refractivity (Wildman–Crippen MR) is 115 cm³/mol. The molecule has 5 heteroatoms. The standard InChI is InChI=1S/C22H38N2O2S/c1-16(2)19-14-20(17(3)4)22(21(15-19)18(5)6)27(25)23-8-7-9-24-10-12-26-13-11-24/h14-18,23H,7-13H2,1-6H3. The van der Waals surface area contributed by atoms with Crippen LogP contribution >= 0.6 is 0 Å². The van der Waals surface area contributed by atoms with Crippen LogP contribution in [0.1, 0.15) is 82.4 Å². The van der Waals surface area contributed by atoms with E-state index in [-0.39, 0.29) is 0 Å². The van der Waals surface area contributed by atoms with Crippen molar-refractivity contribution in [2.45, 2.75) is 70.6 Å². The van der Waals surface area contributed by atoms with Gasteiger partial charge in [-0.1, -0.05) is 53.7 Å². The summed E-state index contributed by atoms with van der Waals surface area (Å²) in [6.07, 6.45) is 1.00. The van der Waals surface area contributed by atoms with Crippen molar-refractivity contribution in [2.24, 2.45) is 0 Å². The summed E-state index contributed by atoms with van der Waals surface area (Å²) < 4.78 is 21.9. The second-order valence-corrected chi connectivity index (χ2v) is 9.70. The molecule has 0 spiro atoms. The van der Waals surface area contributed by atoms with E-state index in [1.807, 2.05) is 0 Å². The number of nitrogens with zero attached hydrogens (tertiary/aromatic N) is 1. The average Bonchev–Trinajstić information content (AvgIpc) is 2.64. The summed E-state index contributed by atoms with van der Waals surface area (Å²) in [4.78, 5) is 3.43. The van der Waals surface area contributed by atoms with Gasteiger partial charge in [-0.05, 0) is 47.4 Å². The molecule has 2 rings (SSSR count). The Bertz CT molecular complexity index is 594. The van der Waals surface area contributed by atoms with Crippen molar-refractivity contribution in [3.63, 3.8) is 0 Å². The third kappa shape index (κ3) is 6.38. The Kier molecular flexibility index (Phi) is 8.93. The maximum absolute atomic E-state index is 13.2. The van der Waals surface area contributed by atoms with Crippen LogP contribution in [0.3, 0.4) is 0 Å². The zero-order valence-electron chi connectivity index (χ0n) is 18.0. The minimum absolute atomic E-state index is 0.357. The molecule has 0 aromatic heterocycles. The van der Waals surface area contributed by atoms with Crippen molar-refractivity contribution >= 4 is 11.0 Å². The van der Waals surface area contributed by atoms with Crippen LogP contribution in [-0.2, 0) is 15.7 Å². The fraction of sp³-hybridized carbons (Fsp3) is 0.727. The van der Waals surface area contributed by atoms with Crippen LogP contribution in [-0.4, -0.2) is 48.5 Å². The van der Waals surface area contributed by atoms with Crippen molar-refractivity contribution in [1.82, 2.24) is 9.62 Å². The van der Waals surface area contributed by atoms with Crippen LogP contribution in [0, 0.1) is 0 Å². The third-order valence-corrected chi connectivity index (χ3v) is 6.56. The van der Waals surface area contributed by atoms with Gasteiger partial charge in [0.1, 0.15) is 11.0 Å². The monoisotopic (exact) mass is 394 g/mol. The molecule has 1 aliphatic rings. The van der Waals surface area contributed by atoms with E-state index >= 15 is 0 Å². The highest BCUT2D eigenvalue weighted by atomic mass is 32.2. The molecular formula is C22H38N2O2S. The van der Waals surface area contributed by atoms with E-state index in [1.54, 1.807) is 0 Å². The molecule has 1 N–H and O–H groups in total. The Morgan fingerprint density at radius 3 is 2.04 bits per heavy atom. The zero-order valence-corrected chi connectivity index (χ0v) is 18.8. The summed E-state index contributed by atoms with van der Waals surface area (Å²) >= 11 is 0. The molecule has 1 saturated heterocycles. The Morgan fingerprint density at radius 2 is 1.56 bits per heavy atom. The Balaban J connectivity index is 2.10. The van der Waals surface area contributed by atoms with Gasteiger partial charge in [-0.3, -0.25) is 4.90 Å². The molecule has 0 radical (unpaired) electrons. The normalized spacial score (nSPS) is 17.2. The van der Waals surface area contributed by atoms with E-state index in [1.165, 1.54) is 16.7 Å². The Morgan fingerprint density at radius 1 is 1.00 bits per heavy atom. The smallest absolute Gasteiger partial charge is 0.125 e. The van der Waals surface area contributed by atoms with Crippen molar-refractivity contribution in [3.05, 3.63) is 28.8 Å². The molecule has 1 aromatic rings. The summed E-state index contributed by atoms with van der Waals surface area (Å²) in [5, 5.41) is 0. The molecular weight excluding hydrogens is 356 g/mol. The first-order chi connectivity index (χ1) is 12.8. The zero-order chi connectivity index (χ0) is 20.0. The van der Waals surface area contributed by atoms with Crippen LogP contribution < -0.4 is 4.72 Å². The van der Waals surface area contributed by atoms with E-state index in [9.17, 15) is 4.21 Å². The number of nitrogens with one attached hydrogen (secondary N) is 1. The first kappa shape index (κ1) is 22.5. The van der Waals surface area contributed by atoms with Crippen molar-refractivity contribution in [2.75, 3.05) is 39.4 Å². The van der Waals surface area contributed by atoms with Crippen molar-refractivity contribution in [3.8, 4) is 0 Å². The fourth-order valence-electron chi connectivity index (χ4n) is 3.47. The average molecular weight is 395 g/mol. The SMILES string of the molecule is CC(C)c1cc(C(C)C)c(S(=O)NCCCN2CCOCC2)c(C(C)C)c1. The largest absolute Gasteiger partial charge is 0.379 e. The van der Waals surface area contributed by atoms with Crippen LogP contribution in [0.2, 0.25) is 0 Å². The summed E-state index contributed by atoms with van der Waals surface area (Å²) in [6, 6.07) is 4.54. The molecule has 0 amide bonds. The Labute approximate surface area is 168 Å². The molecule has 0 aliphatic carbocycles. The number of ether oxygens (including phenoxy) is 1. The molecule has 0 bridgehead atoms. The lowest BCUT2D eigenvalue weighted by Crippen LogP contribution is -2.37. The van der Waals surface area contributed by atoms with E-state index in [0.717, 1.165) is 50.7 Å². The van der Waals surface area contributed by atoms with Gasteiger partial charge >= 0.3 is 0 Å². The number of rotatable bonds is 9. The molecule has 1 heterocycles.